The van der Waals surface area contributed by atoms with Crippen LogP contribution in [0.5, 0.6) is 0 Å². The first kappa shape index (κ1) is 22.3. The number of likely N-dealkylation sites (tertiary alicyclic amines) is 1. The van der Waals surface area contributed by atoms with Gasteiger partial charge in [0.05, 0.1) is 25.1 Å². The number of alkyl halides is 1. The molecule has 10 heteroatoms. The van der Waals surface area contributed by atoms with Crippen molar-refractivity contribution in [1.82, 2.24) is 9.96 Å². The summed E-state index contributed by atoms with van der Waals surface area (Å²) < 4.78 is 61.4. The van der Waals surface area contributed by atoms with Crippen LogP contribution in [0.4, 0.5) is 22.4 Å². The van der Waals surface area contributed by atoms with E-state index >= 15 is 0 Å². The molecule has 30 heavy (non-hydrogen) atoms. The van der Waals surface area contributed by atoms with Crippen molar-refractivity contribution >= 4 is 12.0 Å². The smallest absolute Gasteiger partial charge is 0.410 e. The summed E-state index contributed by atoms with van der Waals surface area (Å²) in [5.74, 6) is -5.53. The number of hydroxylamine groups is 2. The summed E-state index contributed by atoms with van der Waals surface area (Å²) in [7, 11) is 0. The second-order valence-corrected chi connectivity index (χ2v) is 8.43. The number of hydrogen-bond donors (Lipinski definition) is 0. The molecule has 0 aromatic heterocycles. The molecule has 0 radical (unpaired) electrons. The summed E-state index contributed by atoms with van der Waals surface area (Å²) in [6.07, 6.45) is -2.26. The Kier molecular flexibility index (Phi) is 6.26. The number of piperidine rings is 1. The standard InChI is InChI=1S/C20H24F4N2O4/c1-20(2,3)30-19(28)25-6-4-12(15(23)10-25)18(27)26-16(5-7-29-26)13-8-11(21)9-14(22)17(13)24/h8-9,12,15-16H,4-7,10H2,1-3H3/t12?,15-,16-/m0/s1. The number of ether oxygens (including phenoxy) is 1. The van der Waals surface area contributed by atoms with E-state index in [0.717, 1.165) is 11.1 Å². The quantitative estimate of drug-likeness (QED) is 0.525. The lowest BCUT2D eigenvalue weighted by Gasteiger charge is -2.36. The van der Waals surface area contributed by atoms with Crippen molar-refractivity contribution in [1.29, 1.82) is 0 Å². The first-order valence-corrected chi connectivity index (χ1v) is 9.70. The average Bonchev–Trinajstić information content (AvgIpc) is 3.12. The van der Waals surface area contributed by atoms with Crippen LogP contribution in [0.2, 0.25) is 0 Å². The van der Waals surface area contributed by atoms with Crippen LogP contribution in [0, 0.1) is 23.4 Å². The van der Waals surface area contributed by atoms with Crippen LogP contribution in [0.15, 0.2) is 12.1 Å². The van der Waals surface area contributed by atoms with E-state index in [1.54, 1.807) is 20.8 Å². The number of halogens is 4. The van der Waals surface area contributed by atoms with Crippen molar-refractivity contribution in [2.45, 2.75) is 51.4 Å². The van der Waals surface area contributed by atoms with E-state index in [1.165, 1.54) is 4.90 Å². The van der Waals surface area contributed by atoms with Gasteiger partial charge in [-0.25, -0.2) is 27.4 Å². The maximum absolute atomic E-state index is 14.8. The number of hydrogen-bond acceptors (Lipinski definition) is 4. The molecule has 2 heterocycles. The topological polar surface area (TPSA) is 59.1 Å². The van der Waals surface area contributed by atoms with Crippen LogP contribution in [-0.2, 0) is 14.4 Å². The molecule has 2 fully saturated rings. The van der Waals surface area contributed by atoms with Crippen molar-refractivity contribution < 1.29 is 36.7 Å². The van der Waals surface area contributed by atoms with Gasteiger partial charge < -0.3 is 9.64 Å². The van der Waals surface area contributed by atoms with E-state index in [0.29, 0.717) is 6.07 Å². The molecule has 2 saturated heterocycles. The molecule has 1 aromatic carbocycles. The fourth-order valence-corrected chi connectivity index (χ4v) is 3.63. The summed E-state index contributed by atoms with van der Waals surface area (Å²) in [4.78, 5) is 31.5. The first-order valence-electron chi connectivity index (χ1n) is 9.70. The van der Waals surface area contributed by atoms with Crippen molar-refractivity contribution in [3.8, 4) is 0 Å². The molecule has 2 aliphatic rings. The minimum absolute atomic E-state index is 0.00577. The summed E-state index contributed by atoms with van der Waals surface area (Å²) in [5, 5.41) is 0.803. The lowest BCUT2D eigenvalue weighted by Crippen LogP contribution is -2.51. The highest BCUT2D eigenvalue weighted by Crippen LogP contribution is 2.36. The number of amides is 2. The van der Waals surface area contributed by atoms with Crippen LogP contribution >= 0.6 is 0 Å². The van der Waals surface area contributed by atoms with Gasteiger partial charge in [0.2, 0.25) is 0 Å². The second-order valence-electron chi connectivity index (χ2n) is 8.43. The minimum Gasteiger partial charge on any atom is -0.444 e. The van der Waals surface area contributed by atoms with E-state index in [1.807, 2.05) is 0 Å². The Hall–Kier alpha value is -2.36. The van der Waals surface area contributed by atoms with Crippen LogP contribution in [0.25, 0.3) is 0 Å². The van der Waals surface area contributed by atoms with E-state index in [-0.39, 0.29) is 38.1 Å². The molecule has 0 aliphatic carbocycles. The van der Waals surface area contributed by atoms with Crippen LogP contribution in [0.3, 0.4) is 0 Å². The summed E-state index contributed by atoms with van der Waals surface area (Å²) in [6, 6.07) is 0.139. The highest BCUT2D eigenvalue weighted by atomic mass is 19.2. The van der Waals surface area contributed by atoms with Crippen LogP contribution < -0.4 is 0 Å². The molecule has 1 aromatic rings. The van der Waals surface area contributed by atoms with Gasteiger partial charge in [0, 0.05) is 24.6 Å². The molecular formula is C20H24F4N2O4. The summed E-state index contributed by atoms with van der Waals surface area (Å²) in [5.41, 5.74) is -1.10. The van der Waals surface area contributed by atoms with Gasteiger partial charge in [-0.1, -0.05) is 0 Å². The molecule has 6 nitrogen and oxygen atoms in total. The molecule has 3 rings (SSSR count). The van der Waals surface area contributed by atoms with Crippen molar-refractivity contribution in [2.24, 2.45) is 5.92 Å². The van der Waals surface area contributed by atoms with Crippen molar-refractivity contribution in [3.63, 3.8) is 0 Å². The minimum atomic E-state index is -1.70. The van der Waals surface area contributed by atoms with Gasteiger partial charge in [-0.05, 0) is 33.3 Å². The van der Waals surface area contributed by atoms with Gasteiger partial charge in [0.1, 0.15) is 17.6 Å². The van der Waals surface area contributed by atoms with E-state index in [2.05, 4.69) is 0 Å². The monoisotopic (exact) mass is 432 g/mol. The van der Waals surface area contributed by atoms with E-state index in [4.69, 9.17) is 9.57 Å². The van der Waals surface area contributed by atoms with E-state index < -0.39 is 53.2 Å². The highest BCUT2D eigenvalue weighted by molar-refractivity contribution is 5.80. The Bertz CT molecular complexity index is 830. The Morgan fingerprint density at radius 2 is 1.87 bits per heavy atom. The second kappa shape index (κ2) is 8.41. The number of benzene rings is 1. The lowest BCUT2D eigenvalue weighted by molar-refractivity contribution is -0.185. The number of carbonyl (C=O) groups is 2. The molecule has 0 bridgehead atoms. The zero-order valence-corrected chi connectivity index (χ0v) is 17.0. The fraction of sp³-hybridized carbons (Fsp3) is 0.600. The summed E-state index contributed by atoms with van der Waals surface area (Å²) in [6.45, 7) is 4.83. The molecule has 166 valence electrons. The fourth-order valence-electron chi connectivity index (χ4n) is 3.63. The zero-order chi connectivity index (χ0) is 22.2. The van der Waals surface area contributed by atoms with Crippen LogP contribution in [-0.4, -0.2) is 53.4 Å². The van der Waals surface area contributed by atoms with Gasteiger partial charge in [0.15, 0.2) is 11.6 Å². The third kappa shape index (κ3) is 4.69. The zero-order valence-electron chi connectivity index (χ0n) is 17.0. The van der Waals surface area contributed by atoms with Gasteiger partial charge >= 0.3 is 6.09 Å². The van der Waals surface area contributed by atoms with Crippen molar-refractivity contribution in [2.75, 3.05) is 19.7 Å². The van der Waals surface area contributed by atoms with Gasteiger partial charge in [-0.15, -0.1) is 0 Å². The van der Waals surface area contributed by atoms with Gasteiger partial charge in [-0.2, -0.15) is 0 Å². The predicted molar refractivity (Wildman–Crippen MR) is 97.3 cm³/mol. The van der Waals surface area contributed by atoms with Crippen molar-refractivity contribution in [3.05, 3.63) is 35.1 Å². The molecule has 3 atom stereocenters. The third-order valence-corrected chi connectivity index (χ3v) is 5.01. The molecule has 0 spiro atoms. The molecule has 1 unspecified atom stereocenters. The van der Waals surface area contributed by atoms with Gasteiger partial charge in [-0.3, -0.25) is 9.63 Å². The van der Waals surface area contributed by atoms with E-state index in [9.17, 15) is 27.2 Å². The first-order chi connectivity index (χ1) is 14.0. The Labute approximate surface area is 171 Å². The number of nitrogens with zero attached hydrogens (tertiary/aromatic N) is 2. The highest BCUT2D eigenvalue weighted by Gasteiger charge is 2.43. The number of rotatable bonds is 2. The summed E-state index contributed by atoms with van der Waals surface area (Å²) >= 11 is 0. The molecule has 0 saturated carbocycles. The Balaban J connectivity index is 1.72. The molecule has 0 N–H and O–H groups in total. The molecule has 2 amide bonds. The molecular weight excluding hydrogens is 408 g/mol. The normalized spacial score (nSPS) is 24.8. The molecule has 2 aliphatic heterocycles. The lowest BCUT2D eigenvalue weighted by atomic mass is 9.93. The maximum Gasteiger partial charge on any atom is 0.410 e. The third-order valence-electron chi connectivity index (χ3n) is 5.01. The van der Waals surface area contributed by atoms with Crippen LogP contribution in [0.1, 0.15) is 45.2 Å². The SMILES string of the molecule is CC(C)(C)OC(=O)N1CCC(C(=O)N2OCC[C@H]2c2cc(F)cc(F)c2F)[C@@H](F)C1. The Morgan fingerprint density at radius 1 is 1.17 bits per heavy atom. The predicted octanol–water partition coefficient (Wildman–Crippen LogP) is 3.90. The van der Waals surface area contributed by atoms with Gasteiger partial charge in [0.25, 0.3) is 5.91 Å². The average molecular weight is 432 g/mol. The maximum atomic E-state index is 14.8. The largest absolute Gasteiger partial charge is 0.444 e. The number of carbonyl (C=O) groups excluding carboxylic acids is 2. The Morgan fingerprint density at radius 3 is 2.50 bits per heavy atom.